The molecule has 0 atom stereocenters. The molecule has 4 aromatic rings. The molecule has 26 heavy (non-hydrogen) atoms. The predicted octanol–water partition coefficient (Wildman–Crippen LogP) is 3.27. The summed E-state index contributed by atoms with van der Waals surface area (Å²) in [6, 6.07) is 15.0. The average Bonchev–Trinajstić information content (AvgIpc) is 3.10. The van der Waals surface area contributed by atoms with Crippen molar-refractivity contribution in [2.24, 2.45) is 0 Å². The Balaban J connectivity index is 1.98. The number of pyridine rings is 1. The molecule has 3 heterocycles. The van der Waals surface area contributed by atoms with Crippen molar-refractivity contribution in [3.8, 4) is 21.8 Å². The Kier molecular flexibility index (Phi) is 4.06. The van der Waals surface area contributed by atoms with Gasteiger partial charge in [0, 0.05) is 22.8 Å². The van der Waals surface area contributed by atoms with Gasteiger partial charge in [-0.25, -0.2) is 4.98 Å². The third-order valence-electron chi connectivity index (χ3n) is 3.92. The summed E-state index contributed by atoms with van der Waals surface area (Å²) in [5, 5.41) is 9.64. The van der Waals surface area contributed by atoms with Gasteiger partial charge in [-0.05, 0) is 23.8 Å². The Morgan fingerprint density at radius 3 is 2.58 bits per heavy atom. The number of aliphatic carboxylic acids is 1. The van der Waals surface area contributed by atoms with Gasteiger partial charge in [0.1, 0.15) is 17.2 Å². The van der Waals surface area contributed by atoms with Crippen molar-refractivity contribution in [1.82, 2.24) is 14.5 Å². The minimum Gasteiger partial charge on any atom is -0.480 e. The number of carbonyl (C=O) groups is 1. The zero-order chi connectivity index (χ0) is 18.1. The summed E-state index contributed by atoms with van der Waals surface area (Å²) in [7, 11) is 0. The van der Waals surface area contributed by atoms with Gasteiger partial charge in [-0.3, -0.25) is 19.1 Å². The molecule has 0 radical (unpaired) electrons. The van der Waals surface area contributed by atoms with E-state index < -0.39 is 12.5 Å². The first-order chi connectivity index (χ1) is 12.6. The molecule has 0 unspecified atom stereocenters. The normalized spacial score (nSPS) is 10.9. The minimum absolute atomic E-state index is 0.305. The second kappa shape index (κ2) is 6.53. The van der Waals surface area contributed by atoms with Crippen molar-refractivity contribution in [2.45, 2.75) is 6.54 Å². The van der Waals surface area contributed by atoms with Crippen LogP contribution in [0, 0.1) is 0 Å². The van der Waals surface area contributed by atoms with Gasteiger partial charge in [0.25, 0.3) is 5.56 Å². The number of hydrogen-bond donors (Lipinski definition) is 1. The molecule has 0 aliphatic heterocycles. The summed E-state index contributed by atoms with van der Waals surface area (Å²) >= 11 is 1.41. The zero-order valence-corrected chi connectivity index (χ0v) is 14.3. The first kappa shape index (κ1) is 16.2. The van der Waals surface area contributed by atoms with Crippen LogP contribution in [0.3, 0.4) is 0 Å². The third kappa shape index (κ3) is 2.89. The highest BCUT2D eigenvalue weighted by molar-refractivity contribution is 7.21. The van der Waals surface area contributed by atoms with Crippen LogP contribution in [0.4, 0.5) is 0 Å². The maximum atomic E-state index is 12.9. The topological polar surface area (TPSA) is 85.1 Å². The summed E-state index contributed by atoms with van der Waals surface area (Å²) in [5.74, 6) is -0.795. The van der Waals surface area contributed by atoms with Crippen LogP contribution in [-0.2, 0) is 11.3 Å². The highest BCUT2D eigenvalue weighted by atomic mass is 32.1. The molecule has 0 saturated carbocycles. The summed E-state index contributed by atoms with van der Waals surface area (Å²) in [4.78, 5) is 34.3. The molecule has 4 rings (SSSR count). The van der Waals surface area contributed by atoms with Crippen LogP contribution in [0.15, 0.2) is 65.7 Å². The molecule has 0 aliphatic carbocycles. The van der Waals surface area contributed by atoms with E-state index in [1.165, 1.54) is 15.9 Å². The van der Waals surface area contributed by atoms with Gasteiger partial charge < -0.3 is 5.11 Å². The van der Waals surface area contributed by atoms with Crippen molar-refractivity contribution in [3.63, 3.8) is 0 Å². The van der Waals surface area contributed by atoms with E-state index in [0.29, 0.717) is 21.6 Å². The summed E-state index contributed by atoms with van der Waals surface area (Å²) < 4.78 is 1.18. The van der Waals surface area contributed by atoms with Crippen LogP contribution < -0.4 is 5.56 Å². The summed E-state index contributed by atoms with van der Waals surface area (Å²) in [6.07, 6.45) is 3.18. The van der Waals surface area contributed by atoms with Gasteiger partial charge in [-0.1, -0.05) is 30.3 Å². The van der Waals surface area contributed by atoms with Gasteiger partial charge in [0.05, 0.1) is 5.39 Å². The Morgan fingerprint density at radius 2 is 1.88 bits per heavy atom. The quantitative estimate of drug-likeness (QED) is 0.601. The van der Waals surface area contributed by atoms with E-state index >= 15 is 0 Å². The number of nitrogens with zero attached hydrogens (tertiary/aromatic N) is 3. The van der Waals surface area contributed by atoms with Gasteiger partial charge in [0.15, 0.2) is 0 Å². The lowest BCUT2D eigenvalue weighted by atomic mass is 10.2. The fraction of sp³-hybridized carbons (Fsp3) is 0.0526. The van der Waals surface area contributed by atoms with Gasteiger partial charge in [-0.2, -0.15) is 0 Å². The first-order valence-corrected chi connectivity index (χ1v) is 8.67. The van der Waals surface area contributed by atoms with Crippen molar-refractivity contribution in [1.29, 1.82) is 0 Å². The van der Waals surface area contributed by atoms with Crippen molar-refractivity contribution in [2.75, 3.05) is 0 Å². The van der Waals surface area contributed by atoms with Crippen LogP contribution in [-0.4, -0.2) is 25.6 Å². The molecule has 128 valence electrons. The maximum absolute atomic E-state index is 12.9. The second-order valence-corrected chi connectivity index (χ2v) is 6.69. The van der Waals surface area contributed by atoms with Crippen LogP contribution in [0.25, 0.3) is 32.0 Å². The van der Waals surface area contributed by atoms with Gasteiger partial charge >= 0.3 is 5.97 Å². The largest absolute Gasteiger partial charge is 0.480 e. The number of carboxylic acid groups (broad SMARTS) is 1. The molecule has 0 saturated heterocycles. The lowest BCUT2D eigenvalue weighted by Crippen LogP contribution is -2.26. The maximum Gasteiger partial charge on any atom is 0.323 e. The Bertz CT molecular complexity index is 1150. The van der Waals surface area contributed by atoms with E-state index in [2.05, 4.69) is 9.97 Å². The molecule has 0 fully saturated rings. The molecule has 1 aromatic carbocycles. The molecule has 0 bridgehead atoms. The monoisotopic (exact) mass is 363 g/mol. The summed E-state index contributed by atoms with van der Waals surface area (Å²) in [6.45, 7) is -0.456. The van der Waals surface area contributed by atoms with Crippen LogP contribution >= 0.6 is 11.3 Å². The number of carboxylic acids is 1. The molecule has 7 heteroatoms. The Labute approximate surface area is 152 Å². The number of fused-ring (bicyclic) bond motifs is 1. The fourth-order valence-electron chi connectivity index (χ4n) is 2.76. The van der Waals surface area contributed by atoms with Crippen LogP contribution in [0.2, 0.25) is 0 Å². The van der Waals surface area contributed by atoms with Crippen molar-refractivity contribution < 1.29 is 9.90 Å². The van der Waals surface area contributed by atoms with Crippen LogP contribution in [0.1, 0.15) is 0 Å². The highest BCUT2D eigenvalue weighted by Crippen LogP contribution is 2.32. The number of aromatic nitrogens is 3. The number of benzene rings is 1. The fourth-order valence-corrected chi connectivity index (χ4v) is 3.79. The SMILES string of the molecule is O=C(O)Cn1c(-c2cccnc2)nc2sc(-c3ccccc3)cc2c1=O. The van der Waals surface area contributed by atoms with Gasteiger partial charge in [-0.15, -0.1) is 11.3 Å². The Morgan fingerprint density at radius 1 is 1.12 bits per heavy atom. The molecule has 0 aliphatic rings. The lowest BCUT2D eigenvalue weighted by Gasteiger charge is -2.09. The minimum atomic E-state index is -1.10. The number of hydrogen-bond acceptors (Lipinski definition) is 5. The molecule has 3 aromatic heterocycles. The molecule has 0 amide bonds. The number of rotatable bonds is 4. The third-order valence-corrected chi connectivity index (χ3v) is 5.00. The number of thiophene rings is 1. The lowest BCUT2D eigenvalue weighted by molar-refractivity contribution is -0.137. The second-order valence-electron chi connectivity index (χ2n) is 5.66. The van der Waals surface area contributed by atoms with E-state index in [-0.39, 0.29) is 5.56 Å². The molecule has 6 nitrogen and oxygen atoms in total. The van der Waals surface area contributed by atoms with E-state index in [4.69, 9.17) is 0 Å². The molecule has 1 N–H and O–H groups in total. The first-order valence-electron chi connectivity index (χ1n) is 7.85. The average molecular weight is 363 g/mol. The van der Waals surface area contributed by atoms with Crippen molar-refractivity contribution >= 4 is 27.5 Å². The predicted molar refractivity (Wildman–Crippen MR) is 100 cm³/mol. The van der Waals surface area contributed by atoms with E-state index in [1.54, 1.807) is 30.6 Å². The smallest absolute Gasteiger partial charge is 0.323 e. The van der Waals surface area contributed by atoms with Crippen LogP contribution in [0.5, 0.6) is 0 Å². The van der Waals surface area contributed by atoms with E-state index in [9.17, 15) is 14.7 Å². The molecular formula is C19H13N3O3S. The summed E-state index contributed by atoms with van der Waals surface area (Å²) in [5.41, 5.74) is 1.22. The standard InChI is InChI=1S/C19H13N3O3S/c23-16(24)11-22-17(13-7-4-8-20-10-13)21-18-14(19(22)25)9-15(26-18)12-5-2-1-3-6-12/h1-10H,11H2,(H,23,24). The van der Waals surface area contributed by atoms with Crippen molar-refractivity contribution in [3.05, 3.63) is 71.3 Å². The Hall–Kier alpha value is -3.32. The van der Waals surface area contributed by atoms with E-state index in [0.717, 1.165) is 10.4 Å². The highest BCUT2D eigenvalue weighted by Gasteiger charge is 2.17. The van der Waals surface area contributed by atoms with Gasteiger partial charge in [0.2, 0.25) is 0 Å². The molecular weight excluding hydrogens is 350 g/mol. The molecule has 0 spiro atoms. The van der Waals surface area contributed by atoms with E-state index in [1.807, 2.05) is 30.3 Å². The zero-order valence-electron chi connectivity index (χ0n) is 13.5.